The van der Waals surface area contributed by atoms with Gasteiger partial charge in [-0.2, -0.15) is 0 Å². The predicted octanol–water partition coefficient (Wildman–Crippen LogP) is 3.35. The van der Waals surface area contributed by atoms with Crippen LogP contribution in [0.2, 0.25) is 0 Å². The van der Waals surface area contributed by atoms with Gasteiger partial charge in [-0.1, -0.05) is 11.2 Å². The second kappa shape index (κ2) is 4.82. The summed E-state index contributed by atoms with van der Waals surface area (Å²) < 4.78 is 7.11. The minimum Gasteiger partial charge on any atom is -0.361 e. The number of nitrogens with zero attached hydrogens (tertiary/aromatic N) is 4. The molecule has 0 saturated carbocycles. The molecule has 4 rings (SSSR count). The summed E-state index contributed by atoms with van der Waals surface area (Å²) in [5.41, 5.74) is 3.84. The number of thiazole rings is 1. The van der Waals surface area contributed by atoms with Crippen LogP contribution in [0.4, 0.5) is 0 Å². The van der Waals surface area contributed by atoms with Crippen LogP contribution in [0.3, 0.4) is 0 Å². The Balaban J connectivity index is 1.63. The van der Waals surface area contributed by atoms with E-state index in [-0.39, 0.29) is 0 Å². The molecule has 0 atom stereocenters. The first-order valence-electron chi connectivity index (χ1n) is 6.58. The molecule has 0 aromatic carbocycles. The van der Waals surface area contributed by atoms with Crippen LogP contribution in [-0.4, -0.2) is 19.5 Å². The molecule has 0 saturated heterocycles. The third-order valence-electron chi connectivity index (χ3n) is 3.32. The molecule has 0 aliphatic carbocycles. The Bertz CT molecular complexity index is 872. The molecule has 0 radical (unpaired) electrons. The van der Waals surface area contributed by atoms with Gasteiger partial charge in [-0.3, -0.25) is 0 Å². The number of fused-ring (bicyclic) bond motifs is 1. The van der Waals surface area contributed by atoms with Crippen molar-refractivity contribution in [2.45, 2.75) is 13.3 Å². The van der Waals surface area contributed by atoms with Gasteiger partial charge in [-0.05, 0) is 19.1 Å². The van der Waals surface area contributed by atoms with Gasteiger partial charge in [0.1, 0.15) is 11.4 Å². The van der Waals surface area contributed by atoms with Crippen LogP contribution in [0, 0.1) is 6.92 Å². The molecule has 0 fully saturated rings. The number of aryl methyl sites for hydroxylation is 1. The van der Waals surface area contributed by atoms with Crippen molar-refractivity contribution in [3.63, 3.8) is 0 Å². The number of imidazole rings is 1. The van der Waals surface area contributed by atoms with Crippen LogP contribution in [0.1, 0.15) is 16.5 Å². The lowest BCUT2D eigenvalue weighted by Gasteiger charge is -1.91. The first-order valence-corrected chi connectivity index (χ1v) is 7.46. The first-order chi connectivity index (χ1) is 10.3. The molecule has 6 heteroatoms. The molecular formula is C15H12N4OS. The van der Waals surface area contributed by atoms with E-state index in [2.05, 4.69) is 15.1 Å². The van der Waals surface area contributed by atoms with Crippen molar-refractivity contribution in [2.75, 3.05) is 0 Å². The number of rotatable bonds is 3. The monoisotopic (exact) mass is 296 g/mol. The van der Waals surface area contributed by atoms with E-state index in [4.69, 9.17) is 4.52 Å². The van der Waals surface area contributed by atoms with Crippen molar-refractivity contribution >= 4 is 17.0 Å². The Morgan fingerprint density at radius 3 is 3.05 bits per heavy atom. The summed E-state index contributed by atoms with van der Waals surface area (Å²) in [7, 11) is 0. The SMILES string of the molecule is Cc1oncc1-c1csc(Cc2cn3ccccc3n2)n1. The lowest BCUT2D eigenvalue weighted by molar-refractivity contribution is 0.398. The molecule has 0 aliphatic rings. The molecule has 104 valence electrons. The zero-order valence-corrected chi connectivity index (χ0v) is 12.2. The molecule has 5 nitrogen and oxygen atoms in total. The maximum Gasteiger partial charge on any atom is 0.143 e. The highest BCUT2D eigenvalue weighted by Gasteiger charge is 2.11. The van der Waals surface area contributed by atoms with Crippen molar-refractivity contribution in [2.24, 2.45) is 0 Å². The average Bonchev–Trinajstić information content (AvgIpc) is 3.17. The lowest BCUT2D eigenvalue weighted by atomic mass is 10.2. The number of aromatic nitrogens is 4. The molecule has 4 aromatic rings. The number of pyridine rings is 1. The predicted molar refractivity (Wildman–Crippen MR) is 80.3 cm³/mol. The maximum absolute atomic E-state index is 5.09. The van der Waals surface area contributed by atoms with Crippen LogP contribution >= 0.6 is 11.3 Å². The van der Waals surface area contributed by atoms with Crippen LogP contribution in [0.5, 0.6) is 0 Å². The summed E-state index contributed by atoms with van der Waals surface area (Å²) in [6, 6.07) is 5.98. The fourth-order valence-electron chi connectivity index (χ4n) is 2.29. The van der Waals surface area contributed by atoms with Gasteiger partial charge >= 0.3 is 0 Å². The Morgan fingerprint density at radius 2 is 2.24 bits per heavy atom. The smallest absolute Gasteiger partial charge is 0.143 e. The summed E-state index contributed by atoms with van der Waals surface area (Å²) in [5, 5.41) is 6.86. The van der Waals surface area contributed by atoms with Crippen molar-refractivity contribution in [1.29, 1.82) is 0 Å². The average molecular weight is 296 g/mol. The van der Waals surface area contributed by atoms with Gasteiger partial charge in [-0.25, -0.2) is 9.97 Å². The number of hydrogen-bond donors (Lipinski definition) is 0. The third-order valence-corrected chi connectivity index (χ3v) is 4.17. The molecule has 0 unspecified atom stereocenters. The molecular weight excluding hydrogens is 284 g/mol. The zero-order valence-electron chi connectivity index (χ0n) is 11.4. The summed E-state index contributed by atoms with van der Waals surface area (Å²) in [5.74, 6) is 0.791. The normalized spacial score (nSPS) is 11.3. The first kappa shape index (κ1) is 12.3. The second-order valence-corrected chi connectivity index (χ2v) is 5.74. The molecule has 0 spiro atoms. The third kappa shape index (κ3) is 2.23. The number of hydrogen-bond acceptors (Lipinski definition) is 5. The van der Waals surface area contributed by atoms with Gasteiger partial charge in [0.25, 0.3) is 0 Å². The van der Waals surface area contributed by atoms with Crippen molar-refractivity contribution in [1.82, 2.24) is 19.5 Å². The van der Waals surface area contributed by atoms with E-state index in [1.165, 1.54) is 0 Å². The van der Waals surface area contributed by atoms with Gasteiger partial charge in [-0.15, -0.1) is 11.3 Å². The molecule has 4 aromatic heterocycles. The maximum atomic E-state index is 5.09. The van der Waals surface area contributed by atoms with Gasteiger partial charge in [0.05, 0.1) is 28.2 Å². The molecule has 0 N–H and O–H groups in total. The fraction of sp³-hybridized carbons (Fsp3) is 0.133. The molecule has 21 heavy (non-hydrogen) atoms. The van der Waals surface area contributed by atoms with Gasteiger partial charge in [0, 0.05) is 24.2 Å². The Kier molecular flexibility index (Phi) is 2.82. The van der Waals surface area contributed by atoms with Crippen molar-refractivity contribution in [3.05, 3.63) is 58.6 Å². The lowest BCUT2D eigenvalue weighted by Crippen LogP contribution is -1.87. The van der Waals surface area contributed by atoms with Crippen LogP contribution in [-0.2, 0) is 6.42 Å². The minimum absolute atomic E-state index is 0.733. The van der Waals surface area contributed by atoms with E-state index in [0.717, 1.165) is 39.8 Å². The van der Waals surface area contributed by atoms with Gasteiger partial charge in [0.2, 0.25) is 0 Å². The quantitative estimate of drug-likeness (QED) is 0.582. The van der Waals surface area contributed by atoms with Crippen molar-refractivity contribution < 1.29 is 4.52 Å². The summed E-state index contributed by atoms with van der Waals surface area (Å²) in [4.78, 5) is 9.24. The Hall–Kier alpha value is -2.47. The highest BCUT2D eigenvalue weighted by molar-refractivity contribution is 7.10. The largest absolute Gasteiger partial charge is 0.361 e. The topological polar surface area (TPSA) is 56.2 Å². The highest BCUT2D eigenvalue weighted by Crippen LogP contribution is 2.25. The second-order valence-electron chi connectivity index (χ2n) is 4.80. The summed E-state index contributed by atoms with van der Waals surface area (Å²) >= 11 is 1.63. The van der Waals surface area contributed by atoms with Gasteiger partial charge in [0.15, 0.2) is 0 Å². The highest BCUT2D eigenvalue weighted by atomic mass is 32.1. The van der Waals surface area contributed by atoms with Crippen LogP contribution in [0.25, 0.3) is 16.9 Å². The zero-order chi connectivity index (χ0) is 14.2. The Morgan fingerprint density at radius 1 is 1.29 bits per heavy atom. The Labute approximate surface area is 124 Å². The van der Waals surface area contributed by atoms with Gasteiger partial charge < -0.3 is 8.92 Å². The minimum atomic E-state index is 0.733. The van der Waals surface area contributed by atoms with E-state index in [0.29, 0.717) is 0 Å². The summed E-state index contributed by atoms with van der Waals surface area (Å²) in [6.45, 7) is 1.89. The van der Waals surface area contributed by atoms with Crippen LogP contribution in [0.15, 0.2) is 46.7 Å². The summed E-state index contributed by atoms with van der Waals surface area (Å²) in [6.07, 6.45) is 6.48. The molecule has 0 bridgehead atoms. The van der Waals surface area contributed by atoms with E-state index in [9.17, 15) is 0 Å². The van der Waals surface area contributed by atoms with E-state index in [1.54, 1.807) is 17.5 Å². The van der Waals surface area contributed by atoms with Crippen LogP contribution < -0.4 is 0 Å². The standard InChI is InChI=1S/C15H12N4OS/c1-10-12(7-16-20-10)13-9-21-15(18-13)6-11-8-19-5-3-2-4-14(19)17-11/h2-5,7-9H,6H2,1H3. The molecule has 4 heterocycles. The van der Waals surface area contributed by atoms with Crippen molar-refractivity contribution in [3.8, 4) is 11.3 Å². The molecule has 0 amide bonds. The van der Waals surface area contributed by atoms with E-state index >= 15 is 0 Å². The van der Waals surface area contributed by atoms with E-state index in [1.807, 2.05) is 47.3 Å². The fourth-order valence-corrected chi connectivity index (χ4v) is 3.10. The van der Waals surface area contributed by atoms with E-state index < -0.39 is 0 Å². The molecule has 0 aliphatic heterocycles.